The van der Waals surface area contributed by atoms with E-state index in [1.54, 1.807) is 12.1 Å². The van der Waals surface area contributed by atoms with Crippen LogP contribution in [0.25, 0.3) is 0 Å². The first-order valence-electron chi connectivity index (χ1n) is 6.80. The fraction of sp³-hybridized carbons (Fsp3) is 0.250. The highest BCUT2D eigenvalue weighted by Crippen LogP contribution is 2.22. The minimum absolute atomic E-state index is 0.135. The van der Waals surface area contributed by atoms with Crippen LogP contribution in [0.15, 0.2) is 48.5 Å². The third-order valence-electron chi connectivity index (χ3n) is 2.99. The van der Waals surface area contributed by atoms with Crippen molar-refractivity contribution < 1.29 is 9.47 Å². The monoisotopic (exact) mass is 306 g/mol. The van der Waals surface area contributed by atoms with Gasteiger partial charge in [0, 0.05) is 5.02 Å². The van der Waals surface area contributed by atoms with Crippen molar-refractivity contribution in [2.75, 3.05) is 13.2 Å². The van der Waals surface area contributed by atoms with Crippen molar-refractivity contribution in [1.29, 1.82) is 0 Å². The van der Waals surface area contributed by atoms with Gasteiger partial charge in [0.25, 0.3) is 0 Å². The molecule has 0 bridgehead atoms. The number of halogens is 1. The molecule has 0 spiro atoms. The van der Waals surface area contributed by atoms with Gasteiger partial charge < -0.3 is 9.47 Å². The predicted molar refractivity (Wildman–Crippen MR) is 84.6 cm³/mol. The first-order chi connectivity index (χ1) is 10.2. The van der Waals surface area contributed by atoms with Crippen molar-refractivity contribution in [2.45, 2.75) is 13.0 Å². The number of benzene rings is 2. The van der Waals surface area contributed by atoms with Crippen molar-refractivity contribution in [2.24, 2.45) is 5.84 Å². The lowest BCUT2D eigenvalue weighted by molar-refractivity contribution is 0.267. The molecule has 112 valence electrons. The van der Waals surface area contributed by atoms with Gasteiger partial charge in [-0.15, -0.1) is 0 Å². The number of hydrogen-bond donors (Lipinski definition) is 2. The van der Waals surface area contributed by atoms with E-state index in [2.05, 4.69) is 5.43 Å². The van der Waals surface area contributed by atoms with Crippen molar-refractivity contribution in [1.82, 2.24) is 5.43 Å². The van der Waals surface area contributed by atoms with E-state index >= 15 is 0 Å². The van der Waals surface area contributed by atoms with Crippen molar-refractivity contribution in [3.8, 4) is 11.5 Å². The van der Waals surface area contributed by atoms with Gasteiger partial charge in [-0.25, -0.2) is 5.43 Å². The van der Waals surface area contributed by atoms with Gasteiger partial charge in [0.15, 0.2) is 0 Å². The SMILES string of the molecule is CCOc1cccc(C(COc2cccc(Cl)c2)NN)c1. The second kappa shape index (κ2) is 7.88. The molecule has 1 atom stereocenters. The topological polar surface area (TPSA) is 56.5 Å². The molecule has 2 aromatic carbocycles. The van der Waals surface area contributed by atoms with Crippen LogP contribution in [-0.2, 0) is 0 Å². The Kier molecular flexibility index (Phi) is 5.87. The molecule has 0 amide bonds. The van der Waals surface area contributed by atoms with Crippen LogP contribution in [0.1, 0.15) is 18.5 Å². The summed E-state index contributed by atoms with van der Waals surface area (Å²) in [5.41, 5.74) is 3.76. The van der Waals surface area contributed by atoms with Gasteiger partial charge in [0.1, 0.15) is 18.1 Å². The Labute approximate surface area is 129 Å². The first-order valence-corrected chi connectivity index (χ1v) is 7.18. The molecule has 0 saturated carbocycles. The molecule has 0 radical (unpaired) electrons. The molecule has 0 aliphatic heterocycles. The quantitative estimate of drug-likeness (QED) is 0.608. The summed E-state index contributed by atoms with van der Waals surface area (Å²) < 4.78 is 11.2. The molecule has 0 aromatic heterocycles. The summed E-state index contributed by atoms with van der Waals surface area (Å²) in [6.07, 6.45) is 0. The van der Waals surface area contributed by atoms with Crippen LogP contribution in [0, 0.1) is 0 Å². The molecule has 3 N–H and O–H groups in total. The average molecular weight is 307 g/mol. The smallest absolute Gasteiger partial charge is 0.120 e. The van der Waals surface area contributed by atoms with Crippen LogP contribution < -0.4 is 20.7 Å². The highest BCUT2D eigenvalue weighted by molar-refractivity contribution is 6.30. The van der Waals surface area contributed by atoms with E-state index in [9.17, 15) is 0 Å². The van der Waals surface area contributed by atoms with Crippen LogP contribution in [-0.4, -0.2) is 13.2 Å². The summed E-state index contributed by atoms with van der Waals surface area (Å²) in [6.45, 7) is 2.98. The molecule has 0 aliphatic carbocycles. The van der Waals surface area contributed by atoms with E-state index < -0.39 is 0 Å². The second-order valence-corrected chi connectivity index (χ2v) is 4.93. The summed E-state index contributed by atoms with van der Waals surface area (Å²) in [5, 5.41) is 0.642. The Hall–Kier alpha value is -1.75. The van der Waals surface area contributed by atoms with E-state index in [4.69, 9.17) is 26.9 Å². The molecule has 0 aliphatic rings. The molecule has 2 rings (SSSR count). The van der Waals surface area contributed by atoms with Crippen LogP contribution in [0.3, 0.4) is 0 Å². The standard InChI is InChI=1S/C16H19ClN2O2/c1-2-20-14-7-3-5-12(9-14)16(19-18)11-21-15-8-4-6-13(17)10-15/h3-10,16,19H,2,11,18H2,1H3. The minimum Gasteiger partial charge on any atom is -0.494 e. The van der Waals surface area contributed by atoms with Crippen molar-refractivity contribution in [3.05, 3.63) is 59.1 Å². The zero-order valence-electron chi connectivity index (χ0n) is 11.9. The van der Waals surface area contributed by atoms with Gasteiger partial charge in [-0.1, -0.05) is 29.8 Å². The van der Waals surface area contributed by atoms with E-state index in [0.717, 1.165) is 11.3 Å². The maximum absolute atomic E-state index is 5.93. The molecule has 21 heavy (non-hydrogen) atoms. The third-order valence-corrected chi connectivity index (χ3v) is 3.22. The number of hydrazine groups is 1. The summed E-state index contributed by atoms with van der Waals surface area (Å²) in [7, 11) is 0. The summed E-state index contributed by atoms with van der Waals surface area (Å²) >= 11 is 5.93. The second-order valence-electron chi connectivity index (χ2n) is 4.49. The van der Waals surface area contributed by atoms with E-state index in [1.807, 2.05) is 43.3 Å². The van der Waals surface area contributed by atoms with E-state index in [0.29, 0.717) is 24.0 Å². The third kappa shape index (κ3) is 4.63. The highest BCUT2D eigenvalue weighted by Gasteiger charge is 2.11. The summed E-state index contributed by atoms with van der Waals surface area (Å²) in [5.74, 6) is 7.16. The number of ether oxygens (including phenoxy) is 2. The Bertz CT molecular complexity index is 578. The normalized spacial score (nSPS) is 12.0. The molecule has 2 aromatic rings. The van der Waals surface area contributed by atoms with Gasteiger partial charge in [0.05, 0.1) is 12.6 Å². The number of nitrogens with one attached hydrogen (secondary N) is 1. The zero-order valence-corrected chi connectivity index (χ0v) is 12.6. The fourth-order valence-corrected chi connectivity index (χ4v) is 2.14. The van der Waals surface area contributed by atoms with E-state index in [-0.39, 0.29) is 6.04 Å². The molecular formula is C16H19ClN2O2. The molecule has 0 heterocycles. The lowest BCUT2D eigenvalue weighted by Gasteiger charge is -2.18. The molecule has 0 saturated heterocycles. The van der Waals surface area contributed by atoms with Crippen molar-refractivity contribution in [3.63, 3.8) is 0 Å². The maximum Gasteiger partial charge on any atom is 0.120 e. The molecule has 1 unspecified atom stereocenters. The van der Waals surface area contributed by atoms with Crippen LogP contribution >= 0.6 is 11.6 Å². The Balaban J connectivity index is 2.04. The molecule has 5 heteroatoms. The number of rotatable bonds is 7. The zero-order chi connectivity index (χ0) is 15.1. The van der Waals surface area contributed by atoms with Gasteiger partial charge in [-0.05, 0) is 42.8 Å². The van der Waals surface area contributed by atoms with Crippen LogP contribution in [0.5, 0.6) is 11.5 Å². The van der Waals surface area contributed by atoms with Gasteiger partial charge in [0.2, 0.25) is 0 Å². The average Bonchev–Trinajstić information content (AvgIpc) is 2.49. The lowest BCUT2D eigenvalue weighted by Crippen LogP contribution is -2.32. The Morgan fingerprint density at radius 2 is 1.81 bits per heavy atom. The van der Waals surface area contributed by atoms with Crippen molar-refractivity contribution >= 4 is 11.6 Å². The van der Waals surface area contributed by atoms with Crippen LogP contribution in [0.2, 0.25) is 5.02 Å². The highest BCUT2D eigenvalue weighted by atomic mass is 35.5. The van der Waals surface area contributed by atoms with Gasteiger partial charge in [-0.3, -0.25) is 5.84 Å². The van der Waals surface area contributed by atoms with E-state index in [1.165, 1.54) is 0 Å². The Morgan fingerprint density at radius 1 is 1.10 bits per heavy atom. The van der Waals surface area contributed by atoms with Gasteiger partial charge in [-0.2, -0.15) is 0 Å². The summed E-state index contributed by atoms with van der Waals surface area (Å²) in [4.78, 5) is 0. The summed E-state index contributed by atoms with van der Waals surface area (Å²) in [6, 6.07) is 14.9. The first kappa shape index (κ1) is 15.6. The largest absolute Gasteiger partial charge is 0.494 e. The lowest BCUT2D eigenvalue weighted by atomic mass is 10.1. The minimum atomic E-state index is -0.135. The fourth-order valence-electron chi connectivity index (χ4n) is 1.96. The Morgan fingerprint density at radius 3 is 2.48 bits per heavy atom. The molecule has 4 nitrogen and oxygen atoms in total. The molecule has 0 fully saturated rings. The van der Waals surface area contributed by atoms with Gasteiger partial charge >= 0.3 is 0 Å². The number of nitrogens with two attached hydrogens (primary N) is 1. The maximum atomic E-state index is 5.93. The van der Waals surface area contributed by atoms with Crippen LogP contribution in [0.4, 0.5) is 0 Å². The predicted octanol–water partition coefficient (Wildman–Crippen LogP) is 3.32. The molecular weight excluding hydrogens is 288 g/mol. The number of hydrogen-bond acceptors (Lipinski definition) is 4.